The van der Waals surface area contributed by atoms with Gasteiger partial charge in [-0.3, -0.25) is 13.9 Å². The minimum Gasteiger partial charge on any atom is -0.369 e. The van der Waals surface area contributed by atoms with Crippen molar-refractivity contribution >= 4 is 17.1 Å². The van der Waals surface area contributed by atoms with Crippen molar-refractivity contribution in [3.05, 3.63) is 20.8 Å². The van der Waals surface area contributed by atoms with Gasteiger partial charge in [-0.15, -0.1) is 0 Å². The van der Waals surface area contributed by atoms with Crippen LogP contribution in [0.4, 0.5) is 5.95 Å². The second kappa shape index (κ2) is 5.15. The molecule has 0 aromatic carbocycles. The van der Waals surface area contributed by atoms with Gasteiger partial charge in [0.1, 0.15) is 0 Å². The van der Waals surface area contributed by atoms with E-state index in [1.54, 1.807) is 16.1 Å². The molecule has 2 aromatic rings. The Balaban J connectivity index is 3.06. The van der Waals surface area contributed by atoms with Gasteiger partial charge in [-0.1, -0.05) is 6.92 Å². The predicted octanol–water partition coefficient (Wildman–Crippen LogP) is 0.953. The second-order valence-corrected chi connectivity index (χ2v) is 4.85. The topological polar surface area (TPSA) is 87.8 Å². The number of aryl methyl sites for hydroxylation is 1. The zero-order valence-corrected chi connectivity index (χ0v) is 12.4. The summed E-state index contributed by atoms with van der Waals surface area (Å²) in [5.74, 6) is 0.268. The summed E-state index contributed by atoms with van der Waals surface area (Å²) in [6.45, 7) is 8.48. The minimum absolute atomic E-state index is 0.0389. The van der Waals surface area contributed by atoms with Crippen LogP contribution in [0, 0.1) is 0 Å². The van der Waals surface area contributed by atoms with Crippen molar-refractivity contribution in [2.45, 2.75) is 53.2 Å². The van der Waals surface area contributed by atoms with E-state index in [1.807, 2.05) is 20.8 Å². The smallest absolute Gasteiger partial charge is 0.332 e. The van der Waals surface area contributed by atoms with Crippen LogP contribution in [0.5, 0.6) is 0 Å². The van der Waals surface area contributed by atoms with Gasteiger partial charge in [-0.05, 0) is 27.2 Å². The molecule has 0 radical (unpaired) electrons. The number of nitrogens with zero attached hydrogens (tertiary/aromatic N) is 4. The van der Waals surface area contributed by atoms with Crippen molar-refractivity contribution in [3.8, 4) is 0 Å². The number of anilines is 1. The average molecular weight is 279 g/mol. The van der Waals surface area contributed by atoms with Gasteiger partial charge in [-0.2, -0.15) is 4.98 Å². The lowest BCUT2D eigenvalue weighted by molar-refractivity contribution is 0.489. The Morgan fingerprint density at radius 3 is 2.25 bits per heavy atom. The number of hydrogen-bond donors (Lipinski definition) is 1. The molecular weight excluding hydrogens is 258 g/mol. The maximum Gasteiger partial charge on any atom is 0.332 e. The van der Waals surface area contributed by atoms with Crippen molar-refractivity contribution in [3.63, 3.8) is 0 Å². The highest BCUT2D eigenvalue weighted by atomic mass is 16.2. The van der Waals surface area contributed by atoms with E-state index in [-0.39, 0.29) is 23.2 Å². The van der Waals surface area contributed by atoms with E-state index in [9.17, 15) is 9.59 Å². The molecule has 20 heavy (non-hydrogen) atoms. The van der Waals surface area contributed by atoms with Gasteiger partial charge in [0.15, 0.2) is 11.2 Å². The summed E-state index contributed by atoms with van der Waals surface area (Å²) in [5.41, 5.74) is 6.03. The number of rotatable bonds is 4. The highest BCUT2D eigenvalue weighted by molar-refractivity contribution is 5.73. The molecule has 1 unspecified atom stereocenters. The quantitative estimate of drug-likeness (QED) is 0.902. The fourth-order valence-corrected chi connectivity index (χ4v) is 2.45. The van der Waals surface area contributed by atoms with Gasteiger partial charge in [0.25, 0.3) is 5.56 Å². The fraction of sp³-hybridized carbons (Fsp3) is 0.615. The number of nitrogen functional groups attached to an aromatic ring is 1. The molecule has 0 saturated carbocycles. The Morgan fingerprint density at radius 2 is 1.75 bits per heavy atom. The van der Waals surface area contributed by atoms with Crippen molar-refractivity contribution in [1.82, 2.24) is 18.7 Å². The van der Waals surface area contributed by atoms with Gasteiger partial charge >= 0.3 is 5.69 Å². The van der Waals surface area contributed by atoms with Crippen molar-refractivity contribution in [2.24, 2.45) is 0 Å². The summed E-state index contributed by atoms with van der Waals surface area (Å²) in [6.07, 6.45) is 0.774. The van der Waals surface area contributed by atoms with E-state index >= 15 is 0 Å². The second-order valence-electron chi connectivity index (χ2n) is 4.85. The number of hydrogen-bond acceptors (Lipinski definition) is 4. The summed E-state index contributed by atoms with van der Waals surface area (Å²) in [6, 6.07) is -0.0389. The molecule has 2 heterocycles. The van der Waals surface area contributed by atoms with Crippen LogP contribution in [-0.4, -0.2) is 18.7 Å². The van der Waals surface area contributed by atoms with Crippen LogP contribution in [-0.2, 0) is 13.1 Å². The van der Waals surface area contributed by atoms with Crippen molar-refractivity contribution < 1.29 is 0 Å². The lowest BCUT2D eigenvalue weighted by Gasteiger charge is -2.15. The molecule has 0 aliphatic rings. The maximum absolute atomic E-state index is 12.5. The van der Waals surface area contributed by atoms with Crippen LogP contribution in [0.25, 0.3) is 11.2 Å². The Labute approximate surface area is 116 Å². The van der Waals surface area contributed by atoms with E-state index in [4.69, 9.17) is 5.73 Å². The van der Waals surface area contributed by atoms with Crippen LogP contribution in [0.3, 0.4) is 0 Å². The summed E-state index contributed by atoms with van der Waals surface area (Å²) in [4.78, 5) is 29.2. The lowest BCUT2D eigenvalue weighted by Crippen LogP contribution is -2.41. The minimum atomic E-state index is -0.321. The first-order chi connectivity index (χ1) is 9.47. The molecule has 0 aliphatic carbocycles. The molecule has 7 heteroatoms. The van der Waals surface area contributed by atoms with E-state index in [2.05, 4.69) is 4.98 Å². The zero-order chi connectivity index (χ0) is 15.0. The Kier molecular flexibility index (Phi) is 3.69. The van der Waals surface area contributed by atoms with E-state index in [0.717, 1.165) is 6.42 Å². The van der Waals surface area contributed by atoms with E-state index in [0.29, 0.717) is 24.3 Å². The molecule has 0 saturated heterocycles. The molecule has 2 rings (SSSR count). The summed E-state index contributed by atoms with van der Waals surface area (Å²) in [7, 11) is 0. The number of nitrogens with two attached hydrogens (primary N) is 1. The van der Waals surface area contributed by atoms with Gasteiger partial charge < -0.3 is 10.3 Å². The molecule has 0 spiro atoms. The van der Waals surface area contributed by atoms with Gasteiger partial charge in [0.2, 0.25) is 5.95 Å². The van der Waals surface area contributed by atoms with Crippen LogP contribution < -0.4 is 17.0 Å². The summed E-state index contributed by atoms with van der Waals surface area (Å²) < 4.78 is 4.46. The van der Waals surface area contributed by atoms with Crippen molar-refractivity contribution in [1.29, 1.82) is 0 Å². The SMILES string of the molecule is CCC(C)n1c(=O)n(CC)c(=O)c2c1nc(N)n2CC. The van der Waals surface area contributed by atoms with Crippen molar-refractivity contribution in [2.75, 3.05) is 5.73 Å². The normalized spacial score (nSPS) is 13.0. The Morgan fingerprint density at radius 1 is 1.15 bits per heavy atom. The Bertz CT molecular complexity index is 753. The van der Waals surface area contributed by atoms with Gasteiger partial charge in [0.05, 0.1) is 0 Å². The molecule has 0 fully saturated rings. The average Bonchev–Trinajstić information content (AvgIpc) is 2.75. The molecule has 110 valence electrons. The van der Waals surface area contributed by atoms with Crippen LogP contribution >= 0.6 is 0 Å². The lowest BCUT2D eigenvalue weighted by atomic mass is 10.2. The first-order valence-corrected chi connectivity index (χ1v) is 6.98. The van der Waals surface area contributed by atoms with Crippen LogP contribution in [0.15, 0.2) is 9.59 Å². The molecule has 0 aliphatic heterocycles. The Hall–Kier alpha value is -2.05. The maximum atomic E-state index is 12.5. The third-order valence-corrected chi connectivity index (χ3v) is 3.76. The van der Waals surface area contributed by atoms with E-state index in [1.165, 1.54) is 4.57 Å². The largest absolute Gasteiger partial charge is 0.369 e. The summed E-state index contributed by atoms with van der Waals surface area (Å²) in [5, 5.41) is 0. The molecule has 7 nitrogen and oxygen atoms in total. The van der Waals surface area contributed by atoms with Crippen LogP contribution in [0.1, 0.15) is 40.2 Å². The fourth-order valence-electron chi connectivity index (χ4n) is 2.45. The van der Waals surface area contributed by atoms with Gasteiger partial charge in [0, 0.05) is 19.1 Å². The van der Waals surface area contributed by atoms with Crippen LogP contribution in [0.2, 0.25) is 0 Å². The predicted molar refractivity (Wildman–Crippen MR) is 79.0 cm³/mol. The first kappa shape index (κ1) is 14.4. The molecule has 0 bridgehead atoms. The van der Waals surface area contributed by atoms with Gasteiger partial charge in [-0.25, -0.2) is 4.79 Å². The summed E-state index contributed by atoms with van der Waals surface area (Å²) >= 11 is 0. The first-order valence-electron chi connectivity index (χ1n) is 6.98. The van der Waals surface area contributed by atoms with E-state index < -0.39 is 0 Å². The molecular formula is C13H21N5O2. The molecule has 2 aromatic heterocycles. The standard InChI is InChI=1S/C13H21N5O2/c1-5-8(4)18-10-9(16(6-2)12(14)15-10)11(19)17(7-3)13(18)20/h8H,5-7H2,1-4H3,(H2,14,15). The third kappa shape index (κ3) is 1.85. The highest BCUT2D eigenvalue weighted by Crippen LogP contribution is 2.17. The number of imidazole rings is 1. The monoisotopic (exact) mass is 279 g/mol. The number of fused-ring (bicyclic) bond motifs is 1. The molecule has 1 atom stereocenters. The zero-order valence-electron chi connectivity index (χ0n) is 12.4. The highest BCUT2D eigenvalue weighted by Gasteiger charge is 2.21. The molecule has 0 amide bonds. The molecule has 2 N–H and O–H groups in total. The number of aromatic nitrogens is 4. The third-order valence-electron chi connectivity index (χ3n) is 3.76.